The van der Waals surface area contributed by atoms with Gasteiger partial charge >= 0.3 is 0 Å². The molecule has 0 saturated heterocycles. The van der Waals surface area contributed by atoms with E-state index in [0.29, 0.717) is 11.8 Å². The maximum atomic E-state index is 5.90. The van der Waals surface area contributed by atoms with Crippen molar-refractivity contribution in [1.29, 1.82) is 0 Å². The lowest BCUT2D eigenvalue weighted by molar-refractivity contribution is 0.408. The number of anilines is 1. The van der Waals surface area contributed by atoms with Crippen molar-refractivity contribution in [2.45, 2.75) is 33.6 Å². The molecular weight excluding hydrogens is 254 g/mol. The number of nitrogens with zero attached hydrogens (tertiary/aromatic N) is 4. The van der Waals surface area contributed by atoms with Gasteiger partial charge < -0.3 is 10.1 Å². The molecule has 1 N–H and O–H groups in total. The molecule has 0 fully saturated rings. The van der Waals surface area contributed by atoms with E-state index >= 15 is 0 Å². The lowest BCUT2D eigenvalue weighted by Crippen LogP contribution is -2.07. The quantitative estimate of drug-likeness (QED) is 0.929. The Morgan fingerprint density at radius 2 is 1.95 bits per heavy atom. The summed E-state index contributed by atoms with van der Waals surface area (Å²) in [6.07, 6.45) is 0. The Kier molecular flexibility index (Phi) is 3.92. The Morgan fingerprint density at radius 1 is 1.25 bits per heavy atom. The summed E-state index contributed by atoms with van der Waals surface area (Å²) in [4.78, 5) is 9.01. The van der Waals surface area contributed by atoms with Gasteiger partial charge in [0.15, 0.2) is 0 Å². The summed E-state index contributed by atoms with van der Waals surface area (Å²) in [7, 11) is 3.69. The summed E-state index contributed by atoms with van der Waals surface area (Å²) < 4.78 is 7.60. The van der Waals surface area contributed by atoms with Gasteiger partial charge in [-0.05, 0) is 13.8 Å². The van der Waals surface area contributed by atoms with E-state index in [-0.39, 0.29) is 5.92 Å². The standard InChI is InChI=1S/C14H21N5O/c1-8(2)12-16-13(15-5)10(4)14(17-12)20-11-7-9(3)18-19(11)6/h7-8H,1-6H3,(H,15,16,17). The van der Waals surface area contributed by atoms with Gasteiger partial charge in [-0.25, -0.2) is 9.67 Å². The molecule has 2 heterocycles. The molecule has 0 atom stereocenters. The van der Waals surface area contributed by atoms with Crippen molar-refractivity contribution in [3.63, 3.8) is 0 Å². The Bertz CT molecular complexity index is 618. The summed E-state index contributed by atoms with van der Waals surface area (Å²) in [6, 6.07) is 1.88. The number of rotatable bonds is 4. The van der Waals surface area contributed by atoms with Crippen molar-refractivity contribution in [2.24, 2.45) is 7.05 Å². The lowest BCUT2D eigenvalue weighted by Gasteiger charge is -2.14. The molecule has 0 saturated carbocycles. The van der Waals surface area contributed by atoms with Crippen LogP contribution in [-0.2, 0) is 7.05 Å². The highest BCUT2D eigenvalue weighted by atomic mass is 16.5. The van der Waals surface area contributed by atoms with Crippen molar-refractivity contribution in [3.8, 4) is 11.8 Å². The fourth-order valence-electron chi connectivity index (χ4n) is 1.89. The second kappa shape index (κ2) is 5.48. The van der Waals surface area contributed by atoms with Crippen molar-refractivity contribution in [1.82, 2.24) is 19.7 Å². The normalized spacial score (nSPS) is 10.9. The number of ether oxygens (including phenoxy) is 1. The second-order valence-electron chi connectivity index (χ2n) is 5.11. The van der Waals surface area contributed by atoms with Crippen LogP contribution < -0.4 is 10.1 Å². The largest absolute Gasteiger partial charge is 0.420 e. The van der Waals surface area contributed by atoms with Crippen LogP contribution in [0, 0.1) is 13.8 Å². The number of aryl methyl sites for hydroxylation is 2. The van der Waals surface area contributed by atoms with Crippen molar-refractivity contribution >= 4 is 5.82 Å². The van der Waals surface area contributed by atoms with Gasteiger partial charge in [-0.2, -0.15) is 10.1 Å². The van der Waals surface area contributed by atoms with Gasteiger partial charge in [-0.15, -0.1) is 0 Å². The van der Waals surface area contributed by atoms with Crippen LogP contribution >= 0.6 is 0 Å². The summed E-state index contributed by atoms with van der Waals surface area (Å²) in [6.45, 7) is 7.98. The summed E-state index contributed by atoms with van der Waals surface area (Å²) >= 11 is 0. The molecule has 0 aliphatic rings. The van der Waals surface area contributed by atoms with Crippen LogP contribution in [-0.4, -0.2) is 26.8 Å². The van der Waals surface area contributed by atoms with Crippen molar-refractivity contribution in [2.75, 3.05) is 12.4 Å². The zero-order chi connectivity index (χ0) is 14.9. The van der Waals surface area contributed by atoms with E-state index in [4.69, 9.17) is 4.74 Å². The Hall–Kier alpha value is -2.11. The minimum absolute atomic E-state index is 0.235. The van der Waals surface area contributed by atoms with Crippen LogP contribution in [0.1, 0.15) is 36.8 Å². The molecule has 20 heavy (non-hydrogen) atoms. The first kappa shape index (κ1) is 14.3. The zero-order valence-corrected chi connectivity index (χ0v) is 12.9. The summed E-state index contributed by atoms with van der Waals surface area (Å²) in [5.41, 5.74) is 1.79. The van der Waals surface area contributed by atoms with E-state index in [9.17, 15) is 0 Å². The van der Waals surface area contributed by atoms with Gasteiger partial charge in [0.2, 0.25) is 11.8 Å². The lowest BCUT2D eigenvalue weighted by atomic mass is 10.2. The molecule has 0 radical (unpaired) electrons. The molecular formula is C14H21N5O. The summed E-state index contributed by atoms with van der Waals surface area (Å²) in [5.74, 6) is 3.02. The number of hydrogen-bond acceptors (Lipinski definition) is 5. The smallest absolute Gasteiger partial charge is 0.229 e. The highest BCUT2D eigenvalue weighted by Crippen LogP contribution is 2.28. The SMILES string of the molecule is CNc1nc(C(C)C)nc(Oc2cc(C)nn2C)c1C. The Morgan fingerprint density at radius 3 is 2.45 bits per heavy atom. The van der Waals surface area contributed by atoms with Gasteiger partial charge in [-0.1, -0.05) is 13.8 Å². The van der Waals surface area contributed by atoms with E-state index in [1.807, 2.05) is 34.0 Å². The zero-order valence-electron chi connectivity index (χ0n) is 12.9. The van der Waals surface area contributed by atoms with Crippen LogP contribution in [0.4, 0.5) is 5.82 Å². The highest BCUT2D eigenvalue weighted by molar-refractivity contribution is 5.49. The van der Waals surface area contributed by atoms with Gasteiger partial charge in [-0.3, -0.25) is 0 Å². The molecule has 0 spiro atoms. The molecule has 108 valence electrons. The van der Waals surface area contributed by atoms with Gasteiger partial charge in [0.25, 0.3) is 0 Å². The van der Waals surface area contributed by atoms with Gasteiger partial charge in [0, 0.05) is 26.1 Å². The molecule has 0 bridgehead atoms. The molecule has 6 heteroatoms. The first-order valence-corrected chi connectivity index (χ1v) is 6.67. The van der Waals surface area contributed by atoms with Crippen molar-refractivity contribution in [3.05, 3.63) is 23.1 Å². The van der Waals surface area contributed by atoms with Crippen LogP contribution in [0.2, 0.25) is 0 Å². The van der Waals surface area contributed by atoms with Crippen LogP contribution in [0.25, 0.3) is 0 Å². The average Bonchev–Trinajstić information content (AvgIpc) is 2.70. The molecule has 0 aromatic carbocycles. The summed E-state index contributed by atoms with van der Waals surface area (Å²) in [5, 5.41) is 7.35. The van der Waals surface area contributed by atoms with Crippen molar-refractivity contribution < 1.29 is 4.74 Å². The minimum atomic E-state index is 0.235. The topological polar surface area (TPSA) is 64.9 Å². The van der Waals surface area contributed by atoms with Crippen LogP contribution in [0.15, 0.2) is 6.07 Å². The minimum Gasteiger partial charge on any atom is -0.420 e. The molecule has 2 rings (SSSR count). The number of nitrogens with one attached hydrogen (secondary N) is 1. The average molecular weight is 275 g/mol. The third-order valence-electron chi connectivity index (χ3n) is 3.03. The van der Waals surface area contributed by atoms with E-state index in [1.54, 1.807) is 4.68 Å². The predicted octanol–water partition coefficient (Wildman–Crippen LogP) is 2.78. The fraction of sp³-hybridized carbons (Fsp3) is 0.500. The third kappa shape index (κ3) is 2.74. The van der Waals surface area contributed by atoms with E-state index < -0.39 is 0 Å². The predicted molar refractivity (Wildman–Crippen MR) is 78.4 cm³/mol. The first-order valence-electron chi connectivity index (χ1n) is 6.67. The van der Waals surface area contributed by atoms with E-state index in [1.165, 1.54) is 0 Å². The highest BCUT2D eigenvalue weighted by Gasteiger charge is 2.15. The molecule has 6 nitrogen and oxygen atoms in total. The molecule has 0 aliphatic heterocycles. The van der Waals surface area contributed by atoms with Gasteiger partial charge in [0.1, 0.15) is 11.6 Å². The second-order valence-corrected chi connectivity index (χ2v) is 5.11. The van der Waals surface area contributed by atoms with Crippen LogP contribution in [0.3, 0.4) is 0 Å². The molecule has 2 aromatic rings. The molecule has 2 aromatic heterocycles. The van der Waals surface area contributed by atoms with Crippen LogP contribution in [0.5, 0.6) is 11.8 Å². The van der Waals surface area contributed by atoms with E-state index in [2.05, 4.69) is 34.2 Å². The monoisotopic (exact) mass is 275 g/mol. The third-order valence-corrected chi connectivity index (χ3v) is 3.03. The Balaban J connectivity index is 2.44. The molecule has 0 amide bonds. The fourth-order valence-corrected chi connectivity index (χ4v) is 1.89. The first-order chi connectivity index (χ1) is 9.42. The van der Waals surface area contributed by atoms with Gasteiger partial charge in [0.05, 0.1) is 11.3 Å². The maximum Gasteiger partial charge on any atom is 0.229 e. The van der Waals surface area contributed by atoms with E-state index in [0.717, 1.165) is 22.9 Å². The number of aromatic nitrogens is 4. The number of hydrogen-bond donors (Lipinski definition) is 1. The molecule has 0 aliphatic carbocycles. The Labute approximate surface area is 119 Å². The maximum absolute atomic E-state index is 5.90. The molecule has 0 unspecified atom stereocenters.